The maximum Gasteiger partial charge on any atom is 0.191 e. The fourth-order valence-electron chi connectivity index (χ4n) is 1.67. The fourth-order valence-corrected chi connectivity index (χ4v) is 2.41. The number of halogens is 3. The molecule has 4 heteroatoms. The number of aliphatic hydroxyl groups excluding tert-OH is 1. The normalized spacial score (nSPS) is 32.2. The van der Waals surface area contributed by atoms with Gasteiger partial charge in [0.25, 0.3) is 0 Å². The predicted octanol–water partition coefficient (Wildman–Crippen LogP) is 3.49. The van der Waals surface area contributed by atoms with Gasteiger partial charge in [0, 0.05) is 11.8 Å². The number of alkyl halides is 3. The van der Waals surface area contributed by atoms with Crippen molar-refractivity contribution in [2.75, 3.05) is 6.61 Å². The van der Waals surface area contributed by atoms with Gasteiger partial charge in [-0.05, 0) is 5.92 Å². The van der Waals surface area contributed by atoms with Crippen LogP contribution in [0.3, 0.4) is 0 Å². The van der Waals surface area contributed by atoms with E-state index in [1.165, 1.54) is 0 Å². The Kier molecular flexibility index (Phi) is 3.93. The lowest BCUT2D eigenvalue weighted by Gasteiger charge is -2.37. The van der Waals surface area contributed by atoms with Crippen molar-refractivity contribution >= 4 is 34.8 Å². The summed E-state index contributed by atoms with van der Waals surface area (Å²) in [5, 5.41) is 9.41. The van der Waals surface area contributed by atoms with Crippen molar-refractivity contribution in [3.63, 3.8) is 0 Å². The van der Waals surface area contributed by atoms with Gasteiger partial charge in [-0.1, -0.05) is 66.0 Å². The van der Waals surface area contributed by atoms with Gasteiger partial charge in [-0.2, -0.15) is 0 Å². The van der Waals surface area contributed by atoms with Crippen LogP contribution in [0.25, 0.3) is 0 Å². The maximum atomic E-state index is 9.41. The molecule has 0 aromatic rings. The molecular formula is C10H13Cl3O. The molecule has 0 heterocycles. The van der Waals surface area contributed by atoms with Crippen LogP contribution in [0, 0.1) is 11.3 Å². The van der Waals surface area contributed by atoms with Crippen LogP contribution in [0.15, 0.2) is 24.3 Å². The average molecular weight is 256 g/mol. The second-order valence-electron chi connectivity index (χ2n) is 3.72. The second-order valence-corrected chi connectivity index (χ2v) is 6.23. The Balaban J connectivity index is 2.86. The topological polar surface area (TPSA) is 20.2 Å². The molecular weight excluding hydrogens is 242 g/mol. The van der Waals surface area contributed by atoms with Crippen molar-refractivity contribution in [2.45, 2.75) is 17.1 Å². The fraction of sp³-hybridized carbons (Fsp3) is 0.600. The smallest absolute Gasteiger partial charge is 0.191 e. The Hall–Kier alpha value is 0.310. The van der Waals surface area contributed by atoms with E-state index < -0.39 is 9.21 Å². The van der Waals surface area contributed by atoms with E-state index in [4.69, 9.17) is 34.8 Å². The zero-order valence-corrected chi connectivity index (χ0v) is 10.1. The number of hydrogen-bond acceptors (Lipinski definition) is 1. The highest BCUT2D eigenvalue weighted by Crippen LogP contribution is 2.45. The standard InChI is InChI=1S/C10H13Cl3O/c1-8-4-2-3-5-9(8,7-14)6-10(11,12)13/h2-5,8,14H,6-7H2,1H3. The number of aliphatic hydroxyl groups is 1. The van der Waals surface area contributed by atoms with Gasteiger partial charge >= 0.3 is 0 Å². The first-order valence-electron chi connectivity index (χ1n) is 4.43. The third-order valence-electron chi connectivity index (χ3n) is 2.67. The molecule has 1 N–H and O–H groups in total. The molecule has 0 fully saturated rings. The highest BCUT2D eigenvalue weighted by molar-refractivity contribution is 6.67. The van der Waals surface area contributed by atoms with Gasteiger partial charge in [0.1, 0.15) is 0 Å². The number of allylic oxidation sites excluding steroid dienone is 3. The zero-order valence-electron chi connectivity index (χ0n) is 7.88. The molecule has 1 rings (SSSR count). The molecule has 1 aliphatic carbocycles. The van der Waals surface area contributed by atoms with Crippen molar-refractivity contribution in [1.82, 2.24) is 0 Å². The SMILES string of the molecule is CC1C=CC=CC1(CO)CC(Cl)(Cl)Cl. The summed E-state index contributed by atoms with van der Waals surface area (Å²) < 4.78 is -1.33. The molecule has 0 bridgehead atoms. The van der Waals surface area contributed by atoms with Crippen LogP contribution in [0.1, 0.15) is 13.3 Å². The predicted molar refractivity (Wildman–Crippen MR) is 61.9 cm³/mol. The van der Waals surface area contributed by atoms with E-state index in [0.717, 1.165) is 0 Å². The van der Waals surface area contributed by atoms with E-state index >= 15 is 0 Å². The molecule has 1 aliphatic rings. The average Bonchev–Trinajstić information content (AvgIpc) is 2.07. The quantitative estimate of drug-likeness (QED) is 0.749. The number of rotatable bonds is 2. The minimum atomic E-state index is -1.33. The van der Waals surface area contributed by atoms with Crippen LogP contribution < -0.4 is 0 Å². The van der Waals surface area contributed by atoms with Gasteiger partial charge in [0.2, 0.25) is 0 Å². The van der Waals surface area contributed by atoms with E-state index in [9.17, 15) is 5.11 Å². The van der Waals surface area contributed by atoms with Gasteiger partial charge in [0.05, 0.1) is 6.61 Å². The van der Waals surface area contributed by atoms with Gasteiger partial charge in [-0.25, -0.2) is 0 Å². The van der Waals surface area contributed by atoms with Crippen molar-refractivity contribution < 1.29 is 5.11 Å². The summed E-state index contributed by atoms with van der Waals surface area (Å²) in [6.07, 6.45) is 8.07. The van der Waals surface area contributed by atoms with Crippen LogP contribution in [-0.2, 0) is 0 Å². The molecule has 1 nitrogen and oxygen atoms in total. The first-order valence-corrected chi connectivity index (χ1v) is 5.57. The first-order chi connectivity index (χ1) is 6.40. The van der Waals surface area contributed by atoms with Crippen molar-refractivity contribution in [2.24, 2.45) is 11.3 Å². The van der Waals surface area contributed by atoms with E-state index in [0.29, 0.717) is 6.42 Å². The van der Waals surface area contributed by atoms with E-state index in [1.807, 2.05) is 31.2 Å². The summed E-state index contributed by atoms with van der Waals surface area (Å²) in [7, 11) is 0. The molecule has 80 valence electrons. The third-order valence-corrected chi connectivity index (χ3v) is 3.07. The summed E-state index contributed by atoms with van der Waals surface area (Å²) in [6.45, 7) is 2.00. The Morgan fingerprint density at radius 3 is 2.43 bits per heavy atom. The molecule has 2 atom stereocenters. The highest BCUT2D eigenvalue weighted by atomic mass is 35.6. The van der Waals surface area contributed by atoms with Gasteiger partial charge in [0.15, 0.2) is 3.79 Å². The summed E-state index contributed by atoms with van der Waals surface area (Å²) in [4.78, 5) is 0. The summed E-state index contributed by atoms with van der Waals surface area (Å²) >= 11 is 17.3. The Morgan fingerprint density at radius 2 is 2.00 bits per heavy atom. The maximum absolute atomic E-state index is 9.41. The lowest BCUT2D eigenvalue weighted by molar-refractivity contribution is 0.125. The van der Waals surface area contributed by atoms with Crippen LogP contribution >= 0.6 is 34.8 Å². The van der Waals surface area contributed by atoms with Gasteiger partial charge in [-0.15, -0.1) is 0 Å². The van der Waals surface area contributed by atoms with Crippen molar-refractivity contribution in [3.8, 4) is 0 Å². The van der Waals surface area contributed by atoms with Crippen LogP contribution in [0.2, 0.25) is 0 Å². The molecule has 0 aromatic carbocycles. The Labute approximate surface area is 99.3 Å². The second kappa shape index (κ2) is 4.44. The molecule has 0 amide bonds. The molecule has 0 aliphatic heterocycles. The molecule has 0 saturated heterocycles. The van der Waals surface area contributed by atoms with Crippen molar-refractivity contribution in [3.05, 3.63) is 24.3 Å². The van der Waals surface area contributed by atoms with E-state index in [1.54, 1.807) is 0 Å². The summed E-state index contributed by atoms with van der Waals surface area (Å²) in [5.41, 5.74) is -0.444. The molecule has 2 unspecified atom stereocenters. The van der Waals surface area contributed by atoms with E-state index in [-0.39, 0.29) is 12.5 Å². The Bertz CT molecular complexity index is 255. The van der Waals surface area contributed by atoms with Gasteiger partial charge < -0.3 is 5.11 Å². The summed E-state index contributed by atoms with van der Waals surface area (Å²) in [5.74, 6) is 0.174. The minimum absolute atomic E-state index is 0.0110. The van der Waals surface area contributed by atoms with Crippen LogP contribution in [0.4, 0.5) is 0 Å². The zero-order chi connectivity index (χ0) is 10.8. The first kappa shape index (κ1) is 12.4. The van der Waals surface area contributed by atoms with Crippen molar-refractivity contribution in [1.29, 1.82) is 0 Å². The largest absolute Gasteiger partial charge is 0.395 e. The molecule has 0 saturated carbocycles. The minimum Gasteiger partial charge on any atom is -0.395 e. The lowest BCUT2D eigenvalue weighted by Crippen LogP contribution is -2.35. The summed E-state index contributed by atoms with van der Waals surface area (Å²) in [6, 6.07) is 0. The van der Waals surface area contributed by atoms with Crippen LogP contribution in [-0.4, -0.2) is 15.5 Å². The monoisotopic (exact) mass is 254 g/mol. The highest BCUT2D eigenvalue weighted by Gasteiger charge is 2.39. The Morgan fingerprint density at radius 1 is 1.36 bits per heavy atom. The van der Waals surface area contributed by atoms with Crippen LogP contribution in [0.5, 0.6) is 0 Å². The lowest BCUT2D eigenvalue weighted by atomic mass is 9.72. The molecule has 0 spiro atoms. The molecule has 14 heavy (non-hydrogen) atoms. The number of hydrogen-bond donors (Lipinski definition) is 1. The molecule has 0 radical (unpaired) electrons. The van der Waals surface area contributed by atoms with Gasteiger partial charge in [-0.3, -0.25) is 0 Å². The van der Waals surface area contributed by atoms with E-state index in [2.05, 4.69) is 0 Å². The molecule has 0 aromatic heterocycles. The third kappa shape index (κ3) is 2.90.